The molecule has 2 N–H and O–H groups in total. The Hall–Kier alpha value is -3.92. The van der Waals surface area contributed by atoms with Crippen molar-refractivity contribution in [3.63, 3.8) is 0 Å². The van der Waals surface area contributed by atoms with E-state index in [1.807, 2.05) is 19.1 Å². The van der Waals surface area contributed by atoms with E-state index in [1.54, 1.807) is 44.6 Å². The zero-order valence-corrected chi connectivity index (χ0v) is 21.5. The minimum atomic E-state index is -0.214. The van der Waals surface area contributed by atoms with Gasteiger partial charge in [-0.2, -0.15) is 4.98 Å². The van der Waals surface area contributed by atoms with Crippen LogP contribution in [0.4, 0.5) is 5.69 Å². The summed E-state index contributed by atoms with van der Waals surface area (Å²) >= 11 is 0. The highest BCUT2D eigenvalue weighted by Gasteiger charge is 2.28. The number of methoxy groups -OCH3 is 2. The lowest BCUT2D eigenvalue weighted by Crippen LogP contribution is -2.40. The van der Waals surface area contributed by atoms with Crippen LogP contribution in [0, 0.1) is 5.92 Å². The molecule has 10 nitrogen and oxygen atoms in total. The van der Waals surface area contributed by atoms with Crippen LogP contribution in [0.1, 0.15) is 42.4 Å². The van der Waals surface area contributed by atoms with Crippen molar-refractivity contribution in [2.24, 2.45) is 5.92 Å². The molecular weight excluding hydrogens is 474 g/mol. The van der Waals surface area contributed by atoms with E-state index in [0.717, 1.165) is 31.4 Å². The highest BCUT2D eigenvalue weighted by atomic mass is 16.5. The molecule has 4 rings (SSSR count). The Morgan fingerprint density at radius 2 is 1.95 bits per heavy atom. The fourth-order valence-electron chi connectivity index (χ4n) is 4.37. The standard InChI is InChI=1S/C27H33N5O5/c1-4-13-28-27(34)20-9-5-6-10-21(20)29-26(33)19-8-7-14-32(16-19)17-24-30-25(31-37-24)18-11-12-22(35-2)23(15-18)36-3/h5-6,9-12,15,19H,4,7-8,13-14,16-17H2,1-3H3,(H,28,34)(H,29,33). The van der Waals surface area contributed by atoms with Gasteiger partial charge in [0.05, 0.1) is 37.9 Å². The lowest BCUT2D eigenvalue weighted by atomic mass is 9.96. The third-order valence-corrected chi connectivity index (χ3v) is 6.31. The third kappa shape index (κ3) is 6.45. The van der Waals surface area contributed by atoms with Gasteiger partial charge in [-0.05, 0) is 56.1 Å². The summed E-state index contributed by atoms with van der Waals surface area (Å²) in [5, 5.41) is 9.95. The molecule has 1 fully saturated rings. The molecule has 1 aliphatic heterocycles. The van der Waals surface area contributed by atoms with E-state index in [2.05, 4.69) is 25.7 Å². The molecule has 0 saturated carbocycles. The first-order chi connectivity index (χ1) is 18.0. The van der Waals surface area contributed by atoms with Crippen LogP contribution in [0.2, 0.25) is 0 Å². The van der Waals surface area contributed by atoms with Crippen molar-refractivity contribution in [3.8, 4) is 22.9 Å². The molecule has 0 aliphatic carbocycles. The molecule has 1 atom stereocenters. The summed E-state index contributed by atoms with van der Waals surface area (Å²) < 4.78 is 16.1. The first-order valence-corrected chi connectivity index (χ1v) is 12.5. The number of ether oxygens (including phenoxy) is 2. The number of hydrogen-bond acceptors (Lipinski definition) is 8. The summed E-state index contributed by atoms with van der Waals surface area (Å²) in [5.74, 6) is 1.64. The third-order valence-electron chi connectivity index (χ3n) is 6.31. The molecule has 37 heavy (non-hydrogen) atoms. The molecule has 1 unspecified atom stereocenters. The van der Waals surface area contributed by atoms with Gasteiger partial charge in [-0.3, -0.25) is 14.5 Å². The number of carbonyl (C=O) groups is 2. The normalized spacial score (nSPS) is 15.7. The number of para-hydroxylation sites is 1. The van der Waals surface area contributed by atoms with Gasteiger partial charge >= 0.3 is 0 Å². The molecule has 3 aromatic rings. The monoisotopic (exact) mass is 507 g/mol. The fourth-order valence-corrected chi connectivity index (χ4v) is 4.37. The summed E-state index contributed by atoms with van der Waals surface area (Å²) in [5.41, 5.74) is 1.74. The van der Waals surface area contributed by atoms with Gasteiger partial charge in [0.15, 0.2) is 11.5 Å². The van der Waals surface area contributed by atoms with Crippen LogP contribution in [-0.4, -0.2) is 60.7 Å². The Bertz CT molecular complexity index is 1230. The van der Waals surface area contributed by atoms with Crippen LogP contribution in [0.5, 0.6) is 11.5 Å². The van der Waals surface area contributed by atoms with E-state index in [1.165, 1.54) is 0 Å². The number of nitrogens with zero attached hydrogens (tertiary/aromatic N) is 3. The Kier molecular flexibility index (Phi) is 8.73. The predicted octanol–water partition coefficient (Wildman–Crippen LogP) is 3.74. The van der Waals surface area contributed by atoms with Gasteiger partial charge in [0, 0.05) is 18.7 Å². The molecular formula is C27H33N5O5. The second-order valence-electron chi connectivity index (χ2n) is 8.95. The van der Waals surface area contributed by atoms with Gasteiger partial charge in [0.1, 0.15) is 0 Å². The molecule has 1 aliphatic rings. The highest BCUT2D eigenvalue weighted by molar-refractivity contribution is 6.04. The van der Waals surface area contributed by atoms with Crippen LogP contribution < -0.4 is 20.1 Å². The van der Waals surface area contributed by atoms with Gasteiger partial charge in [0.2, 0.25) is 17.6 Å². The average Bonchev–Trinajstić information content (AvgIpc) is 3.40. The molecule has 196 valence electrons. The minimum absolute atomic E-state index is 0.100. The van der Waals surface area contributed by atoms with Gasteiger partial charge in [-0.1, -0.05) is 24.2 Å². The van der Waals surface area contributed by atoms with Crippen LogP contribution in [0.15, 0.2) is 47.0 Å². The van der Waals surface area contributed by atoms with Crippen LogP contribution in [0.25, 0.3) is 11.4 Å². The van der Waals surface area contributed by atoms with Gasteiger partial charge in [0.25, 0.3) is 5.91 Å². The maximum atomic E-state index is 13.1. The summed E-state index contributed by atoms with van der Waals surface area (Å²) in [6, 6.07) is 12.5. The summed E-state index contributed by atoms with van der Waals surface area (Å²) in [6.07, 6.45) is 2.48. The zero-order chi connectivity index (χ0) is 26.2. The number of benzene rings is 2. The zero-order valence-electron chi connectivity index (χ0n) is 21.5. The molecule has 2 amide bonds. The number of anilines is 1. The number of piperidine rings is 1. The average molecular weight is 508 g/mol. The molecule has 0 radical (unpaired) electrons. The highest BCUT2D eigenvalue weighted by Crippen LogP contribution is 2.31. The molecule has 1 aromatic heterocycles. The van der Waals surface area contributed by atoms with E-state index in [0.29, 0.717) is 54.1 Å². The number of nitrogens with one attached hydrogen (secondary N) is 2. The second-order valence-corrected chi connectivity index (χ2v) is 8.95. The van der Waals surface area contributed by atoms with Crippen molar-refractivity contribution in [2.75, 3.05) is 39.2 Å². The molecule has 2 aromatic carbocycles. The quantitative estimate of drug-likeness (QED) is 0.426. The molecule has 0 spiro atoms. The van der Waals surface area contributed by atoms with Gasteiger partial charge in [-0.25, -0.2) is 0 Å². The predicted molar refractivity (Wildman–Crippen MR) is 139 cm³/mol. The Balaban J connectivity index is 1.38. The molecule has 10 heteroatoms. The van der Waals surface area contributed by atoms with Crippen molar-refractivity contribution in [3.05, 3.63) is 53.9 Å². The SMILES string of the molecule is CCCNC(=O)c1ccccc1NC(=O)C1CCCN(Cc2nc(-c3ccc(OC)c(OC)c3)no2)C1. The summed E-state index contributed by atoms with van der Waals surface area (Å²) in [4.78, 5) is 32.3. The Labute approximate surface area is 216 Å². The van der Waals surface area contributed by atoms with E-state index >= 15 is 0 Å². The van der Waals surface area contributed by atoms with Crippen LogP contribution >= 0.6 is 0 Å². The van der Waals surface area contributed by atoms with E-state index < -0.39 is 0 Å². The number of likely N-dealkylation sites (tertiary alicyclic amines) is 1. The van der Waals surface area contributed by atoms with E-state index in [9.17, 15) is 9.59 Å². The maximum Gasteiger partial charge on any atom is 0.253 e. The Morgan fingerprint density at radius 1 is 1.14 bits per heavy atom. The van der Waals surface area contributed by atoms with E-state index in [-0.39, 0.29) is 17.7 Å². The topological polar surface area (TPSA) is 119 Å². The van der Waals surface area contributed by atoms with Crippen LogP contribution in [-0.2, 0) is 11.3 Å². The molecule has 1 saturated heterocycles. The number of hydrogen-bond donors (Lipinski definition) is 2. The minimum Gasteiger partial charge on any atom is -0.493 e. The van der Waals surface area contributed by atoms with Crippen molar-refractivity contribution >= 4 is 17.5 Å². The second kappa shape index (κ2) is 12.4. The van der Waals surface area contributed by atoms with Gasteiger partial charge < -0.3 is 24.6 Å². The summed E-state index contributed by atoms with van der Waals surface area (Å²) in [7, 11) is 3.16. The fraction of sp³-hybridized carbons (Fsp3) is 0.407. The number of rotatable bonds is 10. The lowest BCUT2D eigenvalue weighted by molar-refractivity contribution is -0.121. The number of carbonyl (C=O) groups excluding carboxylic acids is 2. The van der Waals surface area contributed by atoms with Gasteiger partial charge in [-0.15, -0.1) is 0 Å². The Morgan fingerprint density at radius 3 is 2.73 bits per heavy atom. The number of amides is 2. The smallest absolute Gasteiger partial charge is 0.253 e. The molecule has 0 bridgehead atoms. The van der Waals surface area contributed by atoms with Crippen molar-refractivity contribution in [2.45, 2.75) is 32.7 Å². The van der Waals surface area contributed by atoms with E-state index in [4.69, 9.17) is 14.0 Å². The van der Waals surface area contributed by atoms with Crippen LogP contribution in [0.3, 0.4) is 0 Å². The summed E-state index contributed by atoms with van der Waals surface area (Å²) in [6.45, 7) is 4.41. The first kappa shape index (κ1) is 26.2. The van der Waals surface area contributed by atoms with Crippen molar-refractivity contribution in [1.82, 2.24) is 20.4 Å². The number of aromatic nitrogens is 2. The largest absolute Gasteiger partial charge is 0.493 e. The lowest BCUT2D eigenvalue weighted by Gasteiger charge is -2.31. The van der Waals surface area contributed by atoms with Crippen molar-refractivity contribution in [1.29, 1.82) is 0 Å². The molecule has 2 heterocycles. The maximum absolute atomic E-state index is 13.1. The first-order valence-electron chi connectivity index (χ1n) is 12.5. The van der Waals surface area contributed by atoms with Crippen molar-refractivity contribution < 1.29 is 23.6 Å².